The van der Waals surface area contributed by atoms with Crippen LogP contribution in [0.4, 0.5) is 10.3 Å². The molecule has 2 N–H and O–H groups in total. The van der Waals surface area contributed by atoms with Crippen molar-refractivity contribution in [2.75, 3.05) is 23.7 Å². The lowest BCUT2D eigenvalue weighted by Gasteiger charge is -2.17. The molecule has 1 aliphatic heterocycles. The SMILES string of the molecule is C\C=C(/N=N\C=C(/C)CC)N1CCC(Nc2nnc(NC(=O)Cc3ccccc3)s2)C1. The highest BCUT2D eigenvalue weighted by molar-refractivity contribution is 7.19. The van der Waals surface area contributed by atoms with Gasteiger partial charge in [-0.05, 0) is 38.3 Å². The summed E-state index contributed by atoms with van der Waals surface area (Å²) in [7, 11) is 0. The summed E-state index contributed by atoms with van der Waals surface area (Å²) in [6.07, 6.45) is 6.04. The molecule has 1 aromatic heterocycles. The number of azo groups is 1. The van der Waals surface area contributed by atoms with Crippen LogP contribution in [0.2, 0.25) is 0 Å². The van der Waals surface area contributed by atoms with Gasteiger partial charge in [0, 0.05) is 25.3 Å². The molecular formula is C22H29N7OS. The zero-order chi connectivity index (χ0) is 22.1. The number of hydrogen-bond acceptors (Lipinski definition) is 8. The number of aromatic nitrogens is 2. The van der Waals surface area contributed by atoms with E-state index < -0.39 is 0 Å². The van der Waals surface area contributed by atoms with E-state index in [4.69, 9.17) is 0 Å². The molecule has 1 aliphatic rings. The Morgan fingerprint density at radius 1 is 1.29 bits per heavy atom. The largest absolute Gasteiger partial charge is 0.355 e. The first kappa shape index (κ1) is 22.6. The molecule has 31 heavy (non-hydrogen) atoms. The smallest absolute Gasteiger partial charge is 0.230 e. The Morgan fingerprint density at radius 2 is 2.06 bits per heavy atom. The number of nitrogens with zero attached hydrogens (tertiary/aromatic N) is 5. The average molecular weight is 440 g/mol. The molecule has 9 heteroatoms. The van der Waals surface area contributed by atoms with E-state index in [2.05, 4.69) is 42.9 Å². The Kier molecular flexibility index (Phi) is 8.28. The van der Waals surface area contributed by atoms with Gasteiger partial charge < -0.3 is 15.5 Å². The molecule has 2 aromatic rings. The molecule has 0 saturated carbocycles. The molecule has 1 saturated heterocycles. The maximum Gasteiger partial charge on any atom is 0.230 e. The third-order valence-corrected chi connectivity index (χ3v) is 5.74. The highest BCUT2D eigenvalue weighted by atomic mass is 32.1. The number of carbonyl (C=O) groups excluding carboxylic acids is 1. The van der Waals surface area contributed by atoms with Gasteiger partial charge in [-0.25, -0.2) is 0 Å². The van der Waals surface area contributed by atoms with Crippen molar-refractivity contribution in [2.24, 2.45) is 10.2 Å². The first-order chi connectivity index (χ1) is 15.1. The summed E-state index contributed by atoms with van der Waals surface area (Å²) in [4.78, 5) is 14.4. The molecule has 1 amide bonds. The van der Waals surface area contributed by atoms with Crippen molar-refractivity contribution in [1.82, 2.24) is 15.1 Å². The molecule has 0 aliphatic carbocycles. The topological polar surface area (TPSA) is 94.9 Å². The van der Waals surface area contributed by atoms with Crippen LogP contribution >= 0.6 is 11.3 Å². The Labute approximate surface area is 187 Å². The van der Waals surface area contributed by atoms with Crippen molar-refractivity contribution in [3.05, 3.63) is 59.6 Å². The fourth-order valence-electron chi connectivity index (χ4n) is 3.12. The number of nitrogens with one attached hydrogen (secondary N) is 2. The van der Waals surface area contributed by atoms with Crippen molar-refractivity contribution in [2.45, 2.75) is 46.1 Å². The standard InChI is InChI=1S/C22H29N7OS/c1-4-16(3)14-23-26-19(5-2)29-12-11-18(15-29)24-21-27-28-22(31-21)25-20(30)13-17-9-7-6-8-10-17/h5-10,14,18H,4,11-13,15H2,1-3H3,(H,24,27)(H,25,28,30)/b16-14+,19-5+,26-23-. The normalized spacial score (nSPS) is 17.4. The number of carbonyl (C=O) groups is 1. The number of amides is 1. The average Bonchev–Trinajstić information content (AvgIpc) is 3.41. The molecule has 1 aromatic carbocycles. The summed E-state index contributed by atoms with van der Waals surface area (Å²) >= 11 is 1.35. The van der Waals surface area contributed by atoms with E-state index in [9.17, 15) is 4.79 Å². The monoisotopic (exact) mass is 439 g/mol. The minimum Gasteiger partial charge on any atom is -0.355 e. The van der Waals surface area contributed by atoms with E-state index in [0.717, 1.165) is 37.3 Å². The van der Waals surface area contributed by atoms with E-state index in [-0.39, 0.29) is 11.9 Å². The van der Waals surface area contributed by atoms with Crippen LogP contribution in [0, 0.1) is 0 Å². The Hall–Kier alpha value is -3.07. The Bertz CT molecular complexity index is 952. The van der Waals surface area contributed by atoms with Gasteiger partial charge in [0.25, 0.3) is 0 Å². The highest BCUT2D eigenvalue weighted by Gasteiger charge is 2.25. The molecule has 2 heterocycles. The van der Waals surface area contributed by atoms with E-state index >= 15 is 0 Å². The van der Waals surface area contributed by atoms with Gasteiger partial charge in [-0.3, -0.25) is 4.79 Å². The molecule has 1 unspecified atom stereocenters. The van der Waals surface area contributed by atoms with Crippen LogP contribution in [0.25, 0.3) is 0 Å². The van der Waals surface area contributed by atoms with Gasteiger partial charge in [0.2, 0.25) is 16.2 Å². The Morgan fingerprint density at radius 3 is 2.81 bits per heavy atom. The summed E-state index contributed by atoms with van der Waals surface area (Å²) in [5.74, 6) is 0.770. The first-order valence-electron chi connectivity index (χ1n) is 10.5. The minimum atomic E-state index is -0.101. The third-order valence-electron chi connectivity index (χ3n) is 4.97. The molecule has 0 radical (unpaired) electrons. The first-order valence-corrected chi connectivity index (χ1v) is 11.3. The van der Waals surface area contributed by atoms with E-state index in [1.807, 2.05) is 56.5 Å². The van der Waals surface area contributed by atoms with Gasteiger partial charge in [0.1, 0.15) is 5.82 Å². The fourth-order valence-corrected chi connectivity index (χ4v) is 3.86. The van der Waals surface area contributed by atoms with Gasteiger partial charge in [-0.2, -0.15) is 5.11 Å². The zero-order valence-electron chi connectivity index (χ0n) is 18.2. The molecule has 0 bridgehead atoms. The lowest BCUT2D eigenvalue weighted by Crippen LogP contribution is -2.25. The molecule has 0 spiro atoms. The summed E-state index contributed by atoms with van der Waals surface area (Å²) in [5.41, 5.74) is 2.16. The van der Waals surface area contributed by atoms with Crippen molar-refractivity contribution in [3.63, 3.8) is 0 Å². The van der Waals surface area contributed by atoms with Crippen LogP contribution in [0.3, 0.4) is 0 Å². The summed E-state index contributed by atoms with van der Waals surface area (Å²) in [6.45, 7) is 7.82. The summed E-state index contributed by atoms with van der Waals surface area (Å²) in [5, 5.41) is 24.3. The number of anilines is 2. The van der Waals surface area contributed by atoms with Gasteiger partial charge >= 0.3 is 0 Å². The van der Waals surface area contributed by atoms with Gasteiger partial charge in [0.15, 0.2) is 0 Å². The van der Waals surface area contributed by atoms with Crippen LogP contribution in [-0.4, -0.2) is 40.1 Å². The molecule has 3 rings (SSSR count). The number of hydrogen-bond donors (Lipinski definition) is 2. The number of likely N-dealkylation sites (tertiary alicyclic amines) is 1. The quantitative estimate of drug-likeness (QED) is 0.546. The van der Waals surface area contributed by atoms with Gasteiger partial charge in [0.05, 0.1) is 6.42 Å². The second kappa shape index (κ2) is 11.4. The van der Waals surface area contributed by atoms with Crippen molar-refractivity contribution < 1.29 is 4.79 Å². The number of rotatable bonds is 9. The predicted molar refractivity (Wildman–Crippen MR) is 125 cm³/mol. The van der Waals surface area contributed by atoms with Gasteiger partial charge in [-0.1, -0.05) is 54.2 Å². The van der Waals surface area contributed by atoms with Crippen LogP contribution in [0.1, 0.15) is 39.2 Å². The fraction of sp³-hybridized carbons (Fsp3) is 0.409. The third kappa shape index (κ3) is 6.99. The zero-order valence-corrected chi connectivity index (χ0v) is 19.0. The lowest BCUT2D eigenvalue weighted by molar-refractivity contribution is -0.115. The highest BCUT2D eigenvalue weighted by Crippen LogP contribution is 2.24. The Balaban J connectivity index is 1.49. The number of allylic oxidation sites excluding steroid dienone is 2. The maximum atomic E-state index is 12.2. The molecule has 164 valence electrons. The van der Waals surface area contributed by atoms with Crippen molar-refractivity contribution in [3.8, 4) is 0 Å². The van der Waals surface area contributed by atoms with E-state index in [0.29, 0.717) is 16.7 Å². The summed E-state index contributed by atoms with van der Waals surface area (Å²) in [6, 6.07) is 9.87. The minimum absolute atomic E-state index is 0.101. The van der Waals surface area contributed by atoms with E-state index in [1.54, 1.807) is 0 Å². The molecule has 8 nitrogen and oxygen atoms in total. The van der Waals surface area contributed by atoms with E-state index in [1.165, 1.54) is 16.9 Å². The van der Waals surface area contributed by atoms with Crippen molar-refractivity contribution >= 4 is 27.5 Å². The molecule has 1 fully saturated rings. The number of benzene rings is 1. The van der Waals surface area contributed by atoms with Crippen molar-refractivity contribution in [1.29, 1.82) is 0 Å². The second-order valence-corrected chi connectivity index (χ2v) is 8.37. The summed E-state index contributed by atoms with van der Waals surface area (Å²) < 4.78 is 0. The predicted octanol–water partition coefficient (Wildman–Crippen LogP) is 4.83. The molecular weight excluding hydrogens is 410 g/mol. The van der Waals surface area contributed by atoms with Crippen LogP contribution in [-0.2, 0) is 11.2 Å². The lowest BCUT2D eigenvalue weighted by atomic mass is 10.1. The van der Waals surface area contributed by atoms with Gasteiger partial charge in [-0.15, -0.1) is 15.3 Å². The van der Waals surface area contributed by atoms with Crippen LogP contribution in [0.5, 0.6) is 0 Å². The molecule has 1 atom stereocenters. The van der Waals surface area contributed by atoms with Crippen LogP contribution < -0.4 is 10.6 Å². The second-order valence-electron chi connectivity index (χ2n) is 7.39. The maximum absolute atomic E-state index is 12.2. The van der Waals surface area contributed by atoms with Crippen LogP contribution in [0.15, 0.2) is 64.2 Å².